The van der Waals surface area contributed by atoms with Gasteiger partial charge in [0.25, 0.3) is 0 Å². The average Bonchev–Trinajstić information content (AvgIpc) is 2.76. The second kappa shape index (κ2) is 5.74. The molecule has 0 atom stereocenters. The van der Waals surface area contributed by atoms with Crippen LogP contribution < -0.4 is 9.64 Å². The van der Waals surface area contributed by atoms with Crippen LogP contribution in [0.3, 0.4) is 0 Å². The maximum absolute atomic E-state index is 6.36. The number of hydrogen-bond acceptors (Lipinski definition) is 3. The fourth-order valence-electron chi connectivity index (χ4n) is 3.06. The Morgan fingerprint density at radius 2 is 2.00 bits per heavy atom. The Bertz CT molecular complexity index is 878. The monoisotopic (exact) mass is 324 g/mol. The number of aromatic nitrogens is 1. The first-order valence-electron chi connectivity index (χ1n) is 7.74. The van der Waals surface area contributed by atoms with Crippen molar-refractivity contribution in [3.63, 3.8) is 0 Å². The Balaban J connectivity index is 1.78. The minimum Gasteiger partial charge on any atom is -0.476 e. The van der Waals surface area contributed by atoms with E-state index in [-0.39, 0.29) is 0 Å². The van der Waals surface area contributed by atoms with Crippen molar-refractivity contribution in [2.45, 2.75) is 13.5 Å². The molecule has 116 valence electrons. The van der Waals surface area contributed by atoms with Gasteiger partial charge in [-0.25, -0.2) is 4.98 Å². The molecule has 0 N–H and O–H groups in total. The first kappa shape index (κ1) is 14.3. The number of para-hydroxylation sites is 2. The third kappa shape index (κ3) is 2.62. The molecular formula is C19H17ClN2O. The highest BCUT2D eigenvalue weighted by Gasteiger charge is 2.19. The number of anilines is 1. The van der Waals surface area contributed by atoms with E-state index >= 15 is 0 Å². The predicted molar refractivity (Wildman–Crippen MR) is 94.5 cm³/mol. The Morgan fingerprint density at radius 1 is 1.13 bits per heavy atom. The number of nitrogens with zero attached hydrogens (tertiary/aromatic N) is 2. The van der Waals surface area contributed by atoms with Crippen molar-refractivity contribution >= 4 is 28.2 Å². The molecule has 3 nitrogen and oxygen atoms in total. The Morgan fingerprint density at radius 3 is 2.87 bits per heavy atom. The molecule has 23 heavy (non-hydrogen) atoms. The molecule has 0 saturated heterocycles. The van der Waals surface area contributed by atoms with Gasteiger partial charge in [0.15, 0.2) is 0 Å². The fourth-order valence-corrected chi connectivity index (χ4v) is 3.32. The molecule has 2 heterocycles. The molecular weight excluding hydrogens is 308 g/mol. The molecule has 0 spiro atoms. The molecule has 0 radical (unpaired) electrons. The zero-order chi connectivity index (χ0) is 15.8. The minimum absolute atomic E-state index is 0.600. The number of rotatable bonds is 1. The highest BCUT2D eigenvalue weighted by Crippen LogP contribution is 2.31. The molecule has 1 aliphatic rings. The minimum atomic E-state index is 0.600. The zero-order valence-corrected chi connectivity index (χ0v) is 13.7. The van der Waals surface area contributed by atoms with E-state index in [9.17, 15) is 0 Å². The van der Waals surface area contributed by atoms with Gasteiger partial charge in [-0.3, -0.25) is 0 Å². The number of ether oxygens (including phenoxy) is 1. The van der Waals surface area contributed by atoms with Crippen LogP contribution in [0.2, 0.25) is 5.02 Å². The van der Waals surface area contributed by atoms with E-state index in [0.29, 0.717) is 6.61 Å². The summed E-state index contributed by atoms with van der Waals surface area (Å²) in [6.07, 6.45) is 0. The van der Waals surface area contributed by atoms with Crippen molar-refractivity contribution in [3.8, 4) is 5.88 Å². The summed E-state index contributed by atoms with van der Waals surface area (Å²) in [6, 6.07) is 16.4. The van der Waals surface area contributed by atoms with Gasteiger partial charge < -0.3 is 9.64 Å². The van der Waals surface area contributed by atoms with Gasteiger partial charge in [0.1, 0.15) is 6.61 Å². The molecule has 4 heteroatoms. The van der Waals surface area contributed by atoms with E-state index in [1.54, 1.807) is 0 Å². The van der Waals surface area contributed by atoms with Crippen molar-refractivity contribution in [3.05, 3.63) is 64.7 Å². The molecule has 4 rings (SSSR count). The number of hydrogen-bond donors (Lipinski definition) is 0. The van der Waals surface area contributed by atoms with Gasteiger partial charge in [0.05, 0.1) is 22.8 Å². The largest absolute Gasteiger partial charge is 0.476 e. The quantitative estimate of drug-likeness (QED) is 0.654. The molecule has 1 aromatic heterocycles. The van der Waals surface area contributed by atoms with Gasteiger partial charge in [-0.1, -0.05) is 41.9 Å². The summed E-state index contributed by atoms with van der Waals surface area (Å²) in [6.45, 7) is 4.21. The summed E-state index contributed by atoms with van der Waals surface area (Å²) >= 11 is 6.36. The van der Waals surface area contributed by atoms with Crippen LogP contribution in [0.15, 0.2) is 48.5 Å². The van der Waals surface area contributed by atoms with Crippen molar-refractivity contribution in [2.75, 3.05) is 18.1 Å². The van der Waals surface area contributed by atoms with Crippen LogP contribution in [0.5, 0.6) is 5.88 Å². The van der Waals surface area contributed by atoms with Crippen molar-refractivity contribution in [1.29, 1.82) is 0 Å². The first-order valence-corrected chi connectivity index (χ1v) is 8.12. The normalized spacial score (nSPS) is 14.3. The highest BCUT2D eigenvalue weighted by molar-refractivity contribution is 6.33. The van der Waals surface area contributed by atoms with E-state index in [4.69, 9.17) is 21.3 Å². The average molecular weight is 325 g/mol. The number of halogens is 1. The maximum atomic E-state index is 6.36. The van der Waals surface area contributed by atoms with Crippen LogP contribution in [0, 0.1) is 6.92 Å². The van der Waals surface area contributed by atoms with Crippen LogP contribution in [0.25, 0.3) is 10.9 Å². The van der Waals surface area contributed by atoms with E-state index in [1.807, 2.05) is 24.3 Å². The van der Waals surface area contributed by atoms with Crippen LogP contribution in [-0.4, -0.2) is 18.1 Å². The van der Waals surface area contributed by atoms with E-state index in [1.165, 1.54) is 5.56 Å². The van der Waals surface area contributed by atoms with E-state index in [2.05, 4.69) is 36.1 Å². The lowest BCUT2D eigenvalue weighted by molar-refractivity contribution is 0.320. The topological polar surface area (TPSA) is 25.4 Å². The number of aryl methyl sites for hydroxylation is 1. The molecule has 0 aliphatic carbocycles. The van der Waals surface area contributed by atoms with Gasteiger partial charge in [0.2, 0.25) is 5.88 Å². The second-order valence-electron chi connectivity index (χ2n) is 5.82. The van der Waals surface area contributed by atoms with Crippen molar-refractivity contribution < 1.29 is 4.74 Å². The van der Waals surface area contributed by atoms with Crippen LogP contribution in [-0.2, 0) is 6.54 Å². The van der Waals surface area contributed by atoms with Gasteiger partial charge in [-0.05, 0) is 30.7 Å². The molecule has 0 bridgehead atoms. The Kier molecular flexibility index (Phi) is 3.58. The molecule has 3 aromatic rings. The molecule has 0 saturated carbocycles. The van der Waals surface area contributed by atoms with Crippen molar-refractivity contribution in [2.24, 2.45) is 0 Å². The smallest absolute Gasteiger partial charge is 0.219 e. The second-order valence-corrected chi connectivity index (χ2v) is 6.23. The van der Waals surface area contributed by atoms with E-state index in [0.717, 1.165) is 46.1 Å². The number of benzene rings is 2. The highest BCUT2D eigenvalue weighted by atomic mass is 35.5. The van der Waals surface area contributed by atoms with Gasteiger partial charge in [0, 0.05) is 17.5 Å². The SMILES string of the molecule is Cc1cccc2cc3c(nc12)OCCN(c1ccccc1Cl)C3. The molecule has 0 fully saturated rings. The summed E-state index contributed by atoms with van der Waals surface area (Å²) in [5, 5.41) is 1.91. The lowest BCUT2D eigenvalue weighted by Crippen LogP contribution is -2.25. The van der Waals surface area contributed by atoms with Gasteiger partial charge in [-0.2, -0.15) is 0 Å². The van der Waals surface area contributed by atoms with Crippen LogP contribution in [0.4, 0.5) is 5.69 Å². The summed E-state index contributed by atoms with van der Waals surface area (Å²) in [5.74, 6) is 0.737. The third-order valence-electron chi connectivity index (χ3n) is 4.24. The number of fused-ring (bicyclic) bond motifs is 2. The molecule has 2 aromatic carbocycles. The lowest BCUT2D eigenvalue weighted by atomic mass is 10.1. The predicted octanol–water partition coefficient (Wildman–Crippen LogP) is 4.60. The first-order chi connectivity index (χ1) is 11.2. The Hall–Kier alpha value is -2.26. The maximum Gasteiger partial charge on any atom is 0.219 e. The summed E-state index contributed by atoms with van der Waals surface area (Å²) in [4.78, 5) is 6.99. The summed E-state index contributed by atoms with van der Waals surface area (Å²) < 4.78 is 5.91. The van der Waals surface area contributed by atoms with Crippen LogP contribution >= 0.6 is 11.6 Å². The summed E-state index contributed by atoms with van der Waals surface area (Å²) in [5.41, 5.74) is 4.31. The van der Waals surface area contributed by atoms with Gasteiger partial charge >= 0.3 is 0 Å². The number of pyridine rings is 1. The lowest BCUT2D eigenvalue weighted by Gasteiger charge is -2.23. The Labute approximate surface area is 140 Å². The zero-order valence-electron chi connectivity index (χ0n) is 12.9. The van der Waals surface area contributed by atoms with E-state index < -0.39 is 0 Å². The third-order valence-corrected chi connectivity index (χ3v) is 4.56. The molecule has 0 amide bonds. The molecule has 0 unspecified atom stereocenters. The fraction of sp³-hybridized carbons (Fsp3) is 0.211. The standard InChI is InChI=1S/C19H17ClN2O/c1-13-5-4-6-14-11-15-12-22(17-8-3-2-7-16(17)20)9-10-23-19(15)21-18(13)14/h2-8,11H,9-10,12H2,1H3. The molecule has 1 aliphatic heterocycles. The van der Waals surface area contributed by atoms with Gasteiger partial charge in [-0.15, -0.1) is 0 Å². The van der Waals surface area contributed by atoms with Crippen molar-refractivity contribution in [1.82, 2.24) is 4.98 Å². The summed E-state index contributed by atoms with van der Waals surface area (Å²) in [7, 11) is 0. The van der Waals surface area contributed by atoms with Crippen LogP contribution in [0.1, 0.15) is 11.1 Å².